The van der Waals surface area contributed by atoms with E-state index in [0.717, 1.165) is 0 Å². The zero-order valence-corrected chi connectivity index (χ0v) is 16.9. The fourth-order valence-corrected chi connectivity index (χ4v) is 2.87. The van der Waals surface area contributed by atoms with Gasteiger partial charge in [-0.15, -0.1) is 0 Å². The topological polar surface area (TPSA) is 89.8 Å². The minimum absolute atomic E-state index is 0.253. The molecule has 7 heteroatoms. The molecule has 2 amide bonds. The van der Waals surface area contributed by atoms with Crippen LogP contribution in [0.25, 0.3) is 0 Å². The highest BCUT2D eigenvalue weighted by molar-refractivity contribution is 6.04. The van der Waals surface area contributed by atoms with Crippen molar-refractivity contribution in [2.75, 3.05) is 12.4 Å². The van der Waals surface area contributed by atoms with Crippen LogP contribution in [0.3, 0.4) is 0 Å². The minimum Gasteiger partial charge on any atom is -0.493 e. The van der Waals surface area contributed by atoms with Gasteiger partial charge in [0.05, 0.1) is 31.2 Å². The smallest absolute Gasteiger partial charge is 0.265 e. The molecule has 30 heavy (non-hydrogen) atoms. The number of para-hydroxylation sites is 3. The molecule has 0 aliphatic carbocycles. The third kappa shape index (κ3) is 5.20. The molecule has 1 aromatic heterocycles. The van der Waals surface area contributed by atoms with Crippen molar-refractivity contribution in [1.29, 1.82) is 0 Å². The number of hydrogen-bond acceptors (Lipinski definition) is 5. The molecule has 156 valence electrons. The average Bonchev–Trinajstić information content (AvgIpc) is 3.30. The van der Waals surface area contributed by atoms with Crippen LogP contribution in [-0.2, 0) is 11.3 Å². The molecule has 0 spiro atoms. The molecule has 1 atom stereocenters. The highest BCUT2D eigenvalue weighted by Crippen LogP contribution is 2.27. The van der Waals surface area contributed by atoms with Gasteiger partial charge in [-0.05, 0) is 42.8 Å². The van der Waals surface area contributed by atoms with Crippen LogP contribution < -0.4 is 20.1 Å². The van der Waals surface area contributed by atoms with Crippen LogP contribution >= 0.6 is 0 Å². The van der Waals surface area contributed by atoms with E-state index in [-0.39, 0.29) is 18.4 Å². The SMILES string of the molecule is CC[C@H](Oc1ccccc1OC)C(=O)Nc1ccccc1C(=O)NCc1ccco1. The summed E-state index contributed by atoms with van der Waals surface area (Å²) in [7, 11) is 1.54. The van der Waals surface area contributed by atoms with Gasteiger partial charge in [0, 0.05) is 0 Å². The van der Waals surface area contributed by atoms with Gasteiger partial charge >= 0.3 is 0 Å². The zero-order valence-electron chi connectivity index (χ0n) is 16.9. The lowest BCUT2D eigenvalue weighted by molar-refractivity contribution is -0.122. The third-order valence-corrected chi connectivity index (χ3v) is 4.43. The van der Waals surface area contributed by atoms with Crippen LogP contribution in [0.15, 0.2) is 71.3 Å². The van der Waals surface area contributed by atoms with Crippen LogP contribution in [0, 0.1) is 0 Å². The molecule has 2 N–H and O–H groups in total. The second kappa shape index (κ2) is 10.2. The number of hydrogen-bond donors (Lipinski definition) is 2. The molecular weight excluding hydrogens is 384 g/mol. The quantitative estimate of drug-likeness (QED) is 0.558. The number of carbonyl (C=O) groups is 2. The van der Waals surface area contributed by atoms with Crippen LogP contribution in [-0.4, -0.2) is 25.0 Å². The summed E-state index contributed by atoms with van der Waals surface area (Å²) >= 11 is 0. The van der Waals surface area contributed by atoms with Gasteiger partial charge in [0.1, 0.15) is 5.76 Å². The van der Waals surface area contributed by atoms with Crippen molar-refractivity contribution in [2.24, 2.45) is 0 Å². The molecule has 0 fully saturated rings. The average molecular weight is 408 g/mol. The number of carbonyl (C=O) groups excluding carboxylic acids is 2. The second-order valence-electron chi connectivity index (χ2n) is 6.46. The van der Waals surface area contributed by atoms with Gasteiger partial charge in [-0.3, -0.25) is 9.59 Å². The molecule has 0 saturated carbocycles. The third-order valence-electron chi connectivity index (χ3n) is 4.43. The Morgan fingerprint density at radius 3 is 2.43 bits per heavy atom. The molecule has 0 saturated heterocycles. The molecule has 2 aromatic carbocycles. The molecule has 0 unspecified atom stereocenters. The van der Waals surface area contributed by atoms with E-state index in [9.17, 15) is 9.59 Å². The molecule has 3 aromatic rings. The van der Waals surface area contributed by atoms with E-state index in [1.807, 2.05) is 13.0 Å². The predicted molar refractivity (Wildman–Crippen MR) is 113 cm³/mol. The number of amides is 2. The fourth-order valence-electron chi connectivity index (χ4n) is 2.87. The maximum absolute atomic E-state index is 12.8. The predicted octanol–water partition coefficient (Wildman–Crippen LogP) is 4.01. The summed E-state index contributed by atoms with van der Waals surface area (Å²) < 4.78 is 16.4. The Morgan fingerprint density at radius 1 is 1.00 bits per heavy atom. The van der Waals surface area contributed by atoms with Gasteiger partial charge in [-0.25, -0.2) is 0 Å². The first-order valence-corrected chi connectivity index (χ1v) is 9.62. The standard InChI is InChI=1S/C23H24N2O5/c1-3-19(30-21-13-7-6-12-20(21)28-2)23(27)25-18-11-5-4-10-17(18)22(26)24-15-16-9-8-14-29-16/h4-14,19H,3,15H2,1-2H3,(H,24,26)(H,25,27)/t19-/m0/s1. The number of anilines is 1. The first-order chi connectivity index (χ1) is 14.6. The Morgan fingerprint density at radius 2 is 1.73 bits per heavy atom. The van der Waals surface area contributed by atoms with Crippen molar-refractivity contribution < 1.29 is 23.5 Å². The molecule has 0 radical (unpaired) electrons. The summed E-state index contributed by atoms with van der Waals surface area (Å²) in [5.74, 6) is 0.990. The number of nitrogens with one attached hydrogen (secondary N) is 2. The van der Waals surface area contributed by atoms with Gasteiger partial charge in [0.25, 0.3) is 11.8 Å². The molecule has 3 rings (SSSR count). The van der Waals surface area contributed by atoms with E-state index in [0.29, 0.717) is 34.9 Å². The monoisotopic (exact) mass is 408 g/mol. The van der Waals surface area contributed by atoms with Gasteiger partial charge < -0.3 is 24.5 Å². The lowest BCUT2D eigenvalue weighted by atomic mass is 10.1. The highest BCUT2D eigenvalue weighted by Gasteiger charge is 2.22. The Balaban J connectivity index is 1.70. The maximum atomic E-state index is 12.8. The van der Waals surface area contributed by atoms with Crippen molar-refractivity contribution in [3.8, 4) is 11.5 Å². The number of furan rings is 1. The number of ether oxygens (including phenoxy) is 2. The summed E-state index contributed by atoms with van der Waals surface area (Å²) in [5.41, 5.74) is 0.756. The lowest BCUT2D eigenvalue weighted by Crippen LogP contribution is -2.33. The fraction of sp³-hybridized carbons (Fsp3) is 0.217. The van der Waals surface area contributed by atoms with Crippen molar-refractivity contribution in [3.05, 3.63) is 78.3 Å². The number of rotatable bonds is 9. The maximum Gasteiger partial charge on any atom is 0.265 e. The van der Waals surface area contributed by atoms with Crippen molar-refractivity contribution in [3.63, 3.8) is 0 Å². The summed E-state index contributed by atoms with van der Waals surface area (Å²) in [6, 6.07) is 17.5. The van der Waals surface area contributed by atoms with Crippen molar-refractivity contribution in [2.45, 2.75) is 26.0 Å². The minimum atomic E-state index is -0.750. The first-order valence-electron chi connectivity index (χ1n) is 9.62. The largest absolute Gasteiger partial charge is 0.493 e. The highest BCUT2D eigenvalue weighted by atomic mass is 16.5. The molecule has 1 heterocycles. The normalized spacial score (nSPS) is 11.4. The van der Waals surface area contributed by atoms with Gasteiger partial charge in [-0.2, -0.15) is 0 Å². The molecule has 0 aliphatic heterocycles. The van der Waals surface area contributed by atoms with E-state index in [4.69, 9.17) is 13.9 Å². The van der Waals surface area contributed by atoms with Crippen molar-refractivity contribution >= 4 is 17.5 Å². The van der Waals surface area contributed by atoms with Crippen LogP contribution in [0.1, 0.15) is 29.5 Å². The van der Waals surface area contributed by atoms with Crippen molar-refractivity contribution in [1.82, 2.24) is 5.32 Å². The molecular formula is C23H24N2O5. The second-order valence-corrected chi connectivity index (χ2v) is 6.46. The van der Waals surface area contributed by atoms with E-state index in [2.05, 4.69) is 10.6 Å². The van der Waals surface area contributed by atoms with Gasteiger partial charge in [0.15, 0.2) is 17.6 Å². The van der Waals surface area contributed by atoms with E-state index in [1.54, 1.807) is 68.0 Å². The summed E-state index contributed by atoms with van der Waals surface area (Å²) in [5, 5.41) is 5.59. The Kier molecular flexibility index (Phi) is 7.10. The molecule has 7 nitrogen and oxygen atoms in total. The Bertz CT molecular complexity index is 985. The zero-order chi connectivity index (χ0) is 21.3. The van der Waals surface area contributed by atoms with Crippen LogP contribution in [0.5, 0.6) is 11.5 Å². The number of methoxy groups -OCH3 is 1. The molecule has 0 bridgehead atoms. The van der Waals surface area contributed by atoms with Crippen LogP contribution in [0.2, 0.25) is 0 Å². The number of benzene rings is 2. The Hall–Kier alpha value is -3.74. The van der Waals surface area contributed by atoms with E-state index < -0.39 is 6.10 Å². The van der Waals surface area contributed by atoms with E-state index in [1.165, 1.54) is 0 Å². The Labute approximate surface area is 175 Å². The van der Waals surface area contributed by atoms with E-state index >= 15 is 0 Å². The van der Waals surface area contributed by atoms with Gasteiger partial charge in [0.2, 0.25) is 0 Å². The lowest BCUT2D eigenvalue weighted by Gasteiger charge is -2.19. The van der Waals surface area contributed by atoms with Crippen LogP contribution in [0.4, 0.5) is 5.69 Å². The van der Waals surface area contributed by atoms with Gasteiger partial charge in [-0.1, -0.05) is 31.2 Å². The molecule has 0 aliphatic rings. The summed E-state index contributed by atoms with van der Waals surface area (Å²) in [6.07, 6.45) is 1.24. The first kappa shape index (κ1) is 21.0. The summed E-state index contributed by atoms with van der Waals surface area (Å²) in [4.78, 5) is 25.4. The summed E-state index contributed by atoms with van der Waals surface area (Å²) in [6.45, 7) is 2.10.